The first-order valence-corrected chi connectivity index (χ1v) is 7.20. The highest BCUT2D eigenvalue weighted by Gasteiger charge is 2.11. The molecular formula is C16H26N2O. The van der Waals surface area contributed by atoms with Crippen molar-refractivity contribution >= 4 is 5.91 Å². The lowest BCUT2D eigenvalue weighted by atomic mass is 10.1. The van der Waals surface area contributed by atoms with E-state index in [4.69, 9.17) is 5.73 Å². The Kier molecular flexibility index (Phi) is 7.19. The highest BCUT2D eigenvalue weighted by atomic mass is 16.2. The lowest BCUT2D eigenvalue weighted by Gasteiger charge is -2.21. The molecule has 1 aromatic rings. The molecule has 106 valence electrons. The highest BCUT2D eigenvalue weighted by Crippen LogP contribution is 2.07. The van der Waals surface area contributed by atoms with Crippen molar-refractivity contribution in [3.63, 3.8) is 0 Å². The molecule has 0 bridgehead atoms. The normalized spacial score (nSPS) is 10.5. The second-order valence-corrected chi connectivity index (χ2v) is 5.01. The van der Waals surface area contributed by atoms with E-state index in [-0.39, 0.29) is 5.91 Å². The summed E-state index contributed by atoms with van der Waals surface area (Å²) in [5.41, 5.74) is 8.05. The third kappa shape index (κ3) is 5.88. The number of rotatable bonds is 8. The Bertz CT molecular complexity index is 373. The van der Waals surface area contributed by atoms with Crippen LogP contribution in [0.2, 0.25) is 0 Å². The van der Waals surface area contributed by atoms with E-state index in [0.717, 1.165) is 25.8 Å². The molecule has 2 N–H and O–H groups in total. The molecule has 1 amide bonds. The van der Waals surface area contributed by atoms with Crippen molar-refractivity contribution in [3.8, 4) is 0 Å². The summed E-state index contributed by atoms with van der Waals surface area (Å²) < 4.78 is 0. The van der Waals surface area contributed by atoms with Crippen LogP contribution in [0.3, 0.4) is 0 Å². The third-order valence-corrected chi connectivity index (χ3v) is 3.28. The molecule has 0 heterocycles. The molecule has 0 aliphatic rings. The van der Waals surface area contributed by atoms with Gasteiger partial charge >= 0.3 is 0 Å². The molecule has 0 aromatic heterocycles. The summed E-state index contributed by atoms with van der Waals surface area (Å²) in [5, 5.41) is 0. The molecule has 0 spiro atoms. The molecule has 1 rings (SSSR count). The Labute approximate surface area is 116 Å². The van der Waals surface area contributed by atoms with Gasteiger partial charge in [-0.15, -0.1) is 0 Å². The average Bonchev–Trinajstić information content (AvgIpc) is 2.42. The first kappa shape index (κ1) is 15.7. The smallest absolute Gasteiger partial charge is 0.222 e. The Morgan fingerprint density at radius 3 is 2.47 bits per heavy atom. The lowest BCUT2D eigenvalue weighted by molar-refractivity contribution is -0.131. The van der Waals surface area contributed by atoms with Gasteiger partial charge in [0.2, 0.25) is 5.91 Å². The fourth-order valence-corrected chi connectivity index (χ4v) is 2.03. The number of carbonyl (C=O) groups is 1. The van der Waals surface area contributed by atoms with E-state index in [1.165, 1.54) is 11.1 Å². The van der Waals surface area contributed by atoms with Crippen LogP contribution in [-0.2, 0) is 11.2 Å². The van der Waals surface area contributed by atoms with Crippen LogP contribution in [0, 0.1) is 6.92 Å². The zero-order valence-electron chi connectivity index (χ0n) is 12.2. The van der Waals surface area contributed by atoms with E-state index in [1.54, 1.807) is 0 Å². The number of hydrogen-bond acceptors (Lipinski definition) is 2. The predicted octanol–water partition coefficient (Wildman–Crippen LogP) is 2.52. The van der Waals surface area contributed by atoms with Crippen molar-refractivity contribution in [2.24, 2.45) is 5.73 Å². The van der Waals surface area contributed by atoms with Gasteiger partial charge in [0, 0.05) is 26.1 Å². The van der Waals surface area contributed by atoms with E-state index >= 15 is 0 Å². The summed E-state index contributed by atoms with van der Waals surface area (Å²) in [7, 11) is 0. The van der Waals surface area contributed by atoms with E-state index in [0.29, 0.717) is 19.5 Å². The van der Waals surface area contributed by atoms with Crippen LogP contribution in [0.15, 0.2) is 24.3 Å². The number of nitrogens with zero attached hydrogens (tertiary/aromatic N) is 1. The van der Waals surface area contributed by atoms with Gasteiger partial charge in [0.1, 0.15) is 0 Å². The summed E-state index contributed by atoms with van der Waals surface area (Å²) >= 11 is 0. The number of carbonyl (C=O) groups excluding carboxylic acids is 1. The molecule has 0 atom stereocenters. The molecular weight excluding hydrogens is 236 g/mol. The second kappa shape index (κ2) is 8.70. The molecule has 0 saturated heterocycles. The average molecular weight is 262 g/mol. The first-order valence-electron chi connectivity index (χ1n) is 7.20. The summed E-state index contributed by atoms with van der Waals surface area (Å²) in [6, 6.07) is 8.38. The third-order valence-electron chi connectivity index (χ3n) is 3.28. The van der Waals surface area contributed by atoms with Gasteiger partial charge in [-0.3, -0.25) is 4.79 Å². The van der Waals surface area contributed by atoms with E-state index in [2.05, 4.69) is 38.1 Å². The summed E-state index contributed by atoms with van der Waals surface area (Å²) in [5.74, 6) is 0.222. The standard InChI is InChI=1S/C16H26N2O/c1-3-4-12-18(13-11-17)16(19)10-9-15-7-5-14(2)6-8-15/h5-8H,3-4,9-13,17H2,1-2H3. The summed E-state index contributed by atoms with van der Waals surface area (Å²) in [6.45, 7) is 6.26. The van der Waals surface area contributed by atoms with E-state index in [1.807, 2.05) is 4.90 Å². The topological polar surface area (TPSA) is 46.3 Å². The second-order valence-electron chi connectivity index (χ2n) is 5.01. The maximum Gasteiger partial charge on any atom is 0.222 e. The monoisotopic (exact) mass is 262 g/mol. The number of hydrogen-bond donors (Lipinski definition) is 1. The molecule has 0 radical (unpaired) electrons. The van der Waals surface area contributed by atoms with Crippen LogP contribution >= 0.6 is 0 Å². The first-order chi connectivity index (χ1) is 9.17. The number of nitrogens with two attached hydrogens (primary N) is 1. The molecule has 0 aliphatic carbocycles. The fourth-order valence-electron chi connectivity index (χ4n) is 2.03. The van der Waals surface area contributed by atoms with Gasteiger partial charge in [0.25, 0.3) is 0 Å². The van der Waals surface area contributed by atoms with E-state index < -0.39 is 0 Å². The zero-order valence-corrected chi connectivity index (χ0v) is 12.2. The van der Waals surface area contributed by atoms with Crippen LogP contribution < -0.4 is 5.73 Å². The van der Waals surface area contributed by atoms with Gasteiger partial charge in [-0.25, -0.2) is 0 Å². The van der Waals surface area contributed by atoms with Crippen LogP contribution in [0.5, 0.6) is 0 Å². The van der Waals surface area contributed by atoms with Gasteiger partial charge in [-0.2, -0.15) is 0 Å². The van der Waals surface area contributed by atoms with Gasteiger partial charge in [-0.1, -0.05) is 43.2 Å². The molecule has 0 aliphatic heterocycles. The summed E-state index contributed by atoms with van der Waals surface area (Å²) in [4.78, 5) is 14.1. The van der Waals surface area contributed by atoms with Crippen LogP contribution in [-0.4, -0.2) is 30.4 Å². The number of unbranched alkanes of at least 4 members (excludes halogenated alkanes) is 1. The lowest BCUT2D eigenvalue weighted by Crippen LogP contribution is -2.36. The van der Waals surface area contributed by atoms with Crippen molar-refractivity contribution in [2.45, 2.75) is 39.5 Å². The number of amides is 1. The van der Waals surface area contributed by atoms with Gasteiger partial charge in [-0.05, 0) is 25.3 Å². The Hall–Kier alpha value is -1.35. The fraction of sp³-hybridized carbons (Fsp3) is 0.562. The van der Waals surface area contributed by atoms with Crippen molar-refractivity contribution in [2.75, 3.05) is 19.6 Å². The van der Waals surface area contributed by atoms with Crippen molar-refractivity contribution in [3.05, 3.63) is 35.4 Å². The molecule has 3 nitrogen and oxygen atoms in total. The maximum atomic E-state index is 12.1. The predicted molar refractivity (Wildman–Crippen MR) is 80.0 cm³/mol. The van der Waals surface area contributed by atoms with Crippen LogP contribution in [0.4, 0.5) is 0 Å². The SMILES string of the molecule is CCCCN(CCN)C(=O)CCc1ccc(C)cc1. The molecule has 0 fully saturated rings. The molecule has 0 saturated carbocycles. The largest absolute Gasteiger partial charge is 0.341 e. The minimum absolute atomic E-state index is 0.222. The van der Waals surface area contributed by atoms with Crippen molar-refractivity contribution in [1.29, 1.82) is 0 Å². The molecule has 1 aromatic carbocycles. The highest BCUT2D eigenvalue weighted by molar-refractivity contribution is 5.76. The molecule has 0 unspecified atom stereocenters. The van der Waals surface area contributed by atoms with Gasteiger partial charge < -0.3 is 10.6 Å². The minimum atomic E-state index is 0.222. The van der Waals surface area contributed by atoms with Gasteiger partial charge in [0.15, 0.2) is 0 Å². The van der Waals surface area contributed by atoms with E-state index in [9.17, 15) is 4.79 Å². The Morgan fingerprint density at radius 2 is 1.89 bits per heavy atom. The number of aryl methyl sites for hydroxylation is 2. The Balaban J connectivity index is 2.44. The van der Waals surface area contributed by atoms with Crippen LogP contribution in [0.25, 0.3) is 0 Å². The zero-order chi connectivity index (χ0) is 14.1. The molecule has 19 heavy (non-hydrogen) atoms. The minimum Gasteiger partial charge on any atom is -0.341 e. The molecule has 3 heteroatoms. The van der Waals surface area contributed by atoms with Gasteiger partial charge in [0.05, 0.1) is 0 Å². The Morgan fingerprint density at radius 1 is 1.21 bits per heavy atom. The van der Waals surface area contributed by atoms with Crippen molar-refractivity contribution in [1.82, 2.24) is 4.90 Å². The quantitative estimate of drug-likeness (QED) is 0.782. The number of benzene rings is 1. The van der Waals surface area contributed by atoms with Crippen molar-refractivity contribution < 1.29 is 4.79 Å². The summed E-state index contributed by atoms with van der Waals surface area (Å²) in [6.07, 6.45) is 3.54. The van der Waals surface area contributed by atoms with Crippen LogP contribution in [0.1, 0.15) is 37.3 Å². The maximum absolute atomic E-state index is 12.1.